The Kier molecular flexibility index (Phi) is 4.85. The molecular formula is C15H18F3NO2. The predicted molar refractivity (Wildman–Crippen MR) is 70.6 cm³/mol. The molecule has 0 N–H and O–H groups in total. The van der Waals surface area contributed by atoms with Crippen molar-refractivity contribution in [3.63, 3.8) is 0 Å². The van der Waals surface area contributed by atoms with Crippen LogP contribution in [0.3, 0.4) is 0 Å². The lowest BCUT2D eigenvalue weighted by molar-refractivity contribution is -0.149. The minimum Gasteiger partial charge on any atom is -0.466 e. The third kappa shape index (κ3) is 3.74. The maximum atomic E-state index is 13.0. The zero-order valence-electron chi connectivity index (χ0n) is 11.8. The van der Waals surface area contributed by atoms with Gasteiger partial charge in [-0.3, -0.25) is 9.78 Å². The average molecular weight is 301 g/mol. The smallest absolute Gasteiger partial charge is 0.416 e. The molecule has 1 saturated carbocycles. The van der Waals surface area contributed by atoms with Crippen molar-refractivity contribution < 1.29 is 22.7 Å². The maximum Gasteiger partial charge on any atom is 0.416 e. The monoisotopic (exact) mass is 301 g/mol. The van der Waals surface area contributed by atoms with Gasteiger partial charge in [0.25, 0.3) is 0 Å². The molecule has 0 aromatic carbocycles. The van der Waals surface area contributed by atoms with Gasteiger partial charge in [-0.15, -0.1) is 0 Å². The van der Waals surface area contributed by atoms with Crippen LogP contribution < -0.4 is 0 Å². The van der Waals surface area contributed by atoms with E-state index in [9.17, 15) is 18.0 Å². The molecule has 3 nitrogen and oxygen atoms in total. The first-order valence-electron chi connectivity index (χ1n) is 7.11. The van der Waals surface area contributed by atoms with E-state index in [4.69, 9.17) is 4.74 Å². The lowest BCUT2D eigenvalue weighted by atomic mass is 9.78. The largest absolute Gasteiger partial charge is 0.466 e. The van der Waals surface area contributed by atoms with Gasteiger partial charge in [0.1, 0.15) is 0 Å². The first-order valence-corrected chi connectivity index (χ1v) is 7.11. The van der Waals surface area contributed by atoms with Crippen LogP contribution in [0.15, 0.2) is 18.5 Å². The number of hydrogen-bond donors (Lipinski definition) is 0. The van der Waals surface area contributed by atoms with E-state index in [-0.39, 0.29) is 23.4 Å². The van der Waals surface area contributed by atoms with Crippen LogP contribution >= 0.6 is 0 Å². The number of rotatable bonds is 3. The van der Waals surface area contributed by atoms with Crippen LogP contribution in [0.2, 0.25) is 0 Å². The van der Waals surface area contributed by atoms with Gasteiger partial charge in [-0.1, -0.05) is 0 Å². The second-order valence-corrected chi connectivity index (χ2v) is 5.26. The summed E-state index contributed by atoms with van der Waals surface area (Å²) in [7, 11) is 0. The Morgan fingerprint density at radius 3 is 2.57 bits per heavy atom. The average Bonchev–Trinajstić information content (AvgIpc) is 2.47. The highest BCUT2D eigenvalue weighted by Crippen LogP contribution is 2.41. The zero-order valence-corrected chi connectivity index (χ0v) is 11.8. The minimum atomic E-state index is -4.36. The first-order chi connectivity index (χ1) is 9.93. The normalized spacial score (nSPS) is 22.9. The summed E-state index contributed by atoms with van der Waals surface area (Å²) in [5, 5.41) is 0. The molecule has 1 aromatic rings. The molecule has 6 heteroatoms. The van der Waals surface area contributed by atoms with Crippen LogP contribution in [0.1, 0.15) is 49.7 Å². The number of esters is 1. The van der Waals surface area contributed by atoms with E-state index in [1.54, 1.807) is 6.92 Å². The maximum absolute atomic E-state index is 13.0. The highest BCUT2D eigenvalue weighted by Gasteiger charge is 2.37. The van der Waals surface area contributed by atoms with E-state index < -0.39 is 11.7 Å². The molecule has 0 amide bonds. The van der Waals surface area contributed by atoms with Gasteiger partial charge in [0.05, 0.1) is 18.1 Å². The molecule has 1 aromatic heterocycles. The van der Waals surface area contributed by atoms with Gasteiger partial charge in [-0.05, 0) is 50.2 Å². The Morgan fingerprint density at radius 2 is 2.00 bits per heavy atom. The Morgan fingerprint density at radius 1 is 1.33 bits per heavy atom. The molecule has 2 rings (SSSR count). The van der Waals surface area contributed by atoms with Crippen molar-refractivity contribution in [3.05, 3.63) is 29.6 Å². The molecule has 21 heavy (non-hydrogen) atoms. The Labute approximate surface area is 121 Å². The van der Waals surface area contributed by atoms with Crippen molar-refractivity contribution >= 4 is 5.97 Å². The Hall–Kier alpha value is -1.59. The van der Waals surface area contributed by atoms with Crippen LogP contribution in [0, 0.1) is 5.92 Å². The standard InChI is InChI=1S/C15H18F3NO2/c1-2-21-14(20)11-5-3-10(4-6-11)12-9-19-8-7-13(12)15(16,17)18/h7-11H,2-6H2,1H3. The van der Waals surface area contributed by atoms with E-state index in [1.165, 1.54) is 6.20 Å². The third-order valence-electron chi connectivity index (χ3n) is 3.94. The molecule has 0 spiro atoms. The molecule has 1 heterocycles. The molecular weight excluding hydrogens is 283 g/mol. The highest BCUT2D eigenvalue weighted by atomic mass is 19.4. The fourth-order valence-electron chi connectivity index (χ4n) is 2.89. The van der Waals surface area contributed by atoms with Crippen LogP contribution in [-0.4, -0.2) is 17.6 Å². The summed E-state index contributed by atoms with van der Waals surface area (Å²) in [5.74, 6) is -0.619. The molecule has 0 bridgehead atoms. The molecule has 0 unspecified atom stereocenters. The quantitative estimate of drug-likeness (QED) is 0.794. The fourth-order valence-corrected chi connectivity index (χ4v) is 2.89. The molecule has 0 saturated heterocycles. The highest BCUT2D eigenvalue weighted by molar-refractivity contribution is 5.72. The number of alkyl halides is 3. The van der Waals surface area contributed by atoms with Gasteiger partial charge < -0.3 is 4.74 Å². The van der Waals surface area contributed by atoms with E-state index in [0.29, 0.717) is 32.3 Å². The predicted octanol–water partition coefficient (Wildman–Crippen LogP) is 3.94. The number of carbonyl (C=O) groups is 1. The lowest BCUT2D eigenvalue weighted by Gasteiger charge is -2.28. The van der Waals surface area contributed by atoms with Gasteiger partial charge in [-0.25, -0.2) is 0 Å². The van der Waals surface area contributed by atoms with Crippen molar-refractivity contribution in [1.82, 2.24) is 4.98 Å². The number of pyridine rings is 1. The topological polar surface area (TPSA) is 39.2 Å². The summed E-state index contributed by atoms with van der Waals surface area (Å²) in [6.07, 6.45) is 0.340. The van der Waals surface area contributed by atoms with Crippen LogP contribution in [0.25, 0.3) is 0 Å². The number of nitrogens with zero attached hydrogens (tertiary/aromatic N) is 1. The van der Waals surface area contributed by atoms with Crippen LogP contribution in [-0.2, 0) is 15.7 Å². The molecule has 0 radical (unpaired) electrons. The van der Waals surface area contributed by atoms with E-state index in [2.05, 4.69) is 4.98 Å². The summed E-state index contributed by atoms with van der Waals surface area (Å²) in [5.41, 5.74) is -0.371. The molecule has 0 aliphatic heterocycles. The number of ether oxygens (including phenoxy) is 1. The van der Waals surface area contributed by atoms with Gasteiger partial charge in [-0.2, -0.15) is 13.2 Å². The second-order valence-electron chi connectivity index (χ2n) is 5.26. The number of hydrogen-bond acceptors (Lipinski definition) is 3. The summed E-state index contributed by atoms with van der Waals surface area (Å²) in [6, 6.07) is 1.02. The SMILES string of the molecule is CCOC(=O)C1CCC(c2cnccc2C(F)(F)F)CC1. The number of halogens is 3. The summed E-state index contributed by atoms with van der Waals surface area (Å²) >= 11 is 0. The van der Waals surface area contributed by atoms with Crippen molar-refractivity contribution in [3.8, 4) is 0 Å². The summed E-state index contributed by atoms with van der Waals surface area (Å²) < 4.78 is 44.0. The molecule has 116 valence electrons. The van der Waals surface area contributed by atoms with Crippen LogP contribution in [0.5, 0.6) is 0 Å². The molecule has 1 aliphatic rings. The van der Waals surface area contributed by atoms with Crippen molar-refractivity contribution in [2.75, 3.05) is 6.61 Å². The Bertz CT molecular complexity index is 494. The fraction of sp³-hybridized carbons (Fsp3) is 0.600. The van der Waals surface area contributed by atoms with Gasteiger partial charge in [0.2, 0.25) is 0 Å². The summed E-state index contributed by atoms with van der Waals surface area (Å²) in [4.78, 5) is 15.5. The van der Waals surface area contributed by atoms with Gasteiger partial charge >= 0.3 is 12.1 Å². The lowest BCUT2D eigenvalue weighted by Crippen LogP contribution is -2.24. The molecule has 1 aliphatic carbocycles. The van der Waals surface area contributed by atoms with E-state index in [0.717, 1.165) is 12.3 Å². The summed E-state index contributed by atoms with van der Waals surface area (Å²) in [6.45, 7) is 2.08. The number of aromatic nitrogens is 1. The van der Waals surface area contributed by atoms with Gasteiger partial charge in [0, 0.05) is 12.4 Å². The van der Waals surface area contributed by atoms with E-state index in [1.807, 2.05) is 0 Å². The molecule has 1 fully saturated rings. The van der Waals surface area contributed by atoms with Crippen molar-refractivity contribution in [2.45, 2.75) is 44.7 Å². The van der Waals surface area contributed by atoms with Gasteiger partial charge in [0.15, 0.2) is 0 Å². The zero-order chi connectivity index (χ0) is 15.5. The minimum absolute atomic E-state index is 0.188. The second kappa shape index (κ2) is 6.45. The third-order valence-corrected chi connectivity index (χ3v) is 3.94. The van der Waals surface area contributed by atoms with Crippen molar-refractivity contribution in [1.29, 1.82) is 0 Å². The number of carbonyl (C=O) groups excluding carboxylic acids is 1. The van der Waals surface area contributed by atoms with Crippen molar-refractivity contribution in [2.24, 2.45) is 5.92 Å². The molecule has 0 atom stereocenters. The first kappa shape index (κ1) is 15.8. The van der Waals surface area contributed by atoms with Crippen LogP contribution in [0.4, 0.5) is 13.2 Å². The Balaban J connectivity index is 2.08. The van der Waals surface area contributed by atoms with E-state index >= 15 is 0 Å².